The molecule has 2 aliphatic rings. The van der Waals surface area contributed by atoms with E-state index in [9.17, 15) is 13.2 Å². The van der Waals surface area contributed by atoms with Crippen molar-refractivity contribution in [1.29, 1.82) is 5.41 Å². The second-order valence-corrected chi connectivity index (χ2v) is 7.29. The van der Waals surface area contributed by atoms with E-state index in [1.165, 1.54) is 12.1 Å². The Labute approximate surface area is 155 Å². The number of amidine groups is 1. The molecule has 2 fully saturated rings. The maximum atomic E-state index is 14.1. The van der Waals surface area contributed by atoms with E-state index in [0.717, 1.165) is 25.1 Å². The standard InChI is InChI=1S/C19H20F3N5/c1-11-6-12(20)8-15(23)16(11)17(24)27-5-4-26(10-19(27)2-3-19)18-14(22)7-13(21)9-25-18/h6-9,24H,2-5,10,23H2,1H3. The third-order valence-corrected chi connectivity index (χ3v) is 5.40. The zero-order chi connectivity index (χ0) is 19.3. The Morgan fingerprint density at radius 2 is 1.89 bits per heavy atom. The molecule has 4 rings (SSSR count). The number of aromatic nitrogens is 1. The summed E-state index contributed by atoms with van der Waals surface area (Å²) in [5.41, 5.74) is 7.06. The van der Waals surface area contributed by atoms with E-state index in [2.05, 4.69) is 4.98 Å². The van der Waals surface area contributed by atoms with Gasteiger partial charge >= 0.3 is 0 Å². The van der Waals surface area contributed by atoms with E-state index >= 15 is 0 Å². The third kappa shape index (κ3) is 2.98. The van der Waals surface area contributed by atoms with Gasteiger partial charge in [0.15, 0.2) is 11.6 Å². The molecule has 0 atom stereocenters. The molecule has 27 heavy (non-hydrogen) atoms. The van der Waals surface area contributed by atoms with Crippen molar-refractivity contribution in [1.82, 2.24) is 9.88 Å². The molecule has 2 heterocycles. The second-order valence-electron chi connectivity index (χ2n) is 7.29. The molecule has 8 heteroatoms. The molecule has 1 aliphatic heterocycles. The molecule has 0 radical (unpaired) electrons. The van der Waals surface area contributed by atoms with Crippen LogP contribution in [-0.2, 0) is 0 Å². The first-order chi connectivity index (χ1) is 12.8. The van der Waals surface area contributed by atoms with E-state index in [1.54, 1.807) is 11.8 Å². The summed E-state index contributed by atoms with van der Waals surface area (Å²) < 4.78 is 40.8. The van der Waals surface area contributed by atoms with E-state index in [4.69, 9.17) is 11.1 Å². The Morgan fingerprint density at radius 1 is 1.15 bits per heavy atom. The highest BCUT2D eigenvalue weighted by Crippen LogP contribution is 2.46. The van der Waals surface area contributed by atoms with Gasteiger partial charge in [-0.15, -0.1) is 0 Å². The van der Waals surface area contributed by atoms with Crippen LogP contribution in [0.4, 0.5) is 24.7 Å². The number of piperazine rings is 1. The summed E-state index contributed by atoms with van der Waals surface area (Å²) in [6, 6.07) is 3.43. The first-order valence-electron chi connectivity index (χ1n) is 8.79. The third-order valence-electron chi connectivity index (χ3n) is 5.40. The molecular weight excluding hydrogens is 355 g/mol. The molecule has 0 amide bonds. The van der Waals surface area contributed by atoms with Crippen LogP contribution >= 0.6 is 0 Å². The van der Waals surface area contributed by atoms with Gasteiger partial charge in [-0.05, 0) is 37.5 Å². The summed E-state index contributed by atoms with van der Waals surface area (Å²) >= 11 is 0. The number of nitrogens with two attached hydrogens (primary N) is 1. The summed E-state index contributed by atoms with van der Waals surface area (Å²) in [7, 11) is 0. The van der Waals surface area contributed by atoms with E-state index < -0.39 is 17.5 Å². The second kappa shape index (κ2) is 6.14. The predicted octanol–water partition coefficient (Wildman–Crippen LogP) is 3.07. The minimum Gasteiger partial charge on any atom is -0.398 e. The monoisotopic (exact) mass is 375 g/mol. The molecule has 5 nitrogen and oxygen atoms in total. The number of halogens is 3. The van der Waals surface area contributed by atoms with Gasteiger partial charge in [0.2, 0.25) is 0 Å². The Kier molecular flexibility index (Phi) is 4.01. The molecule has 0 unspecified atom stereocenters. The molecule has 2 aromatic rings. The van der Waals surface area contributed by atoms with Crippen molar-refractivity contribution in [2.24, 2.45) is 0 Å². The molecule has 1 aliphatic carbocycles. The Hall–Kier alpha value is -2.77. The number of aryl methyl sites for hydroxylation is 1. The first-order valence-corrected chi connectivity index (χ1v) is 8.79. The average molecular weight is 375 g/mol. The molecule has 142 valence electrons. The SMILES string of the molecule is Cc1cc(F)cc(N)c1C(=N)N1CCN(c2ncc(F)cc2F)CC12CC2. The quantitative estimate of drug-likeness (QED) is 0.481. The van der Waals surface area contributed by atoms with Crippen LogP contribution in [0.1, 0.15) is 24.0 Å². The van der Waals surface area contributed by atoms with Crippen molar-refractivity contribution in [3.05, 3.63) is 53.0 Å². The maximum Gasteiger partial charge on any atom is 0.168 e. The maximum absolute atomic E-state index is 14.1. The minimum atomic E-state index is -0.708. The molecule has 3 N–H and O–H groups in total. The lowest BCUT2D eigenvalue weighted by molar-refractivity contribution is 0.257. The number of anilines is 2. The fourth-order valence-electron chi connectivity index (χ4n) is 3.95. The van der Waals surface area contributed by atoms with Crippen molar-refractivity contribution in [3.8, 4) is 0 Å². The summed E-state index contributed by atoms with van der Waals surface area (Å²) in [5.74, 6) is -1.43. The van der Waals surface area contributed by atoms with Crippen LogP contribution in [0.2, 0.25) is 0 Å². The zero-order valence-corrected chi connectivity index (χ0v) is 14.9. The lowest BCUT2D eigenvalue weighted by Crippen LogP contribution is -2.57. The summed E-state index contributed by atoms with van der Waals surface area (Å²) in [6.45, 7) is 3.15. The van der Waals surface area contributed by atoms with Gasteiger partial charge in [-0.3, -0.25) is 5.41 Å². The van der Waals surface area contributed by atoms with Gasteiger partial charge in [0.05, 0.1) is 11.7 Å². The van der Waals surface area contributed by atoms with Crippen LogP contribution in [0, 0.1) is 29.8 Å². The largest absolute Gasteiger partial charge is 0.398 e. The van der Waals surface area contributed by atoms with Crippen LogP contribution in [-0.4, -0.2) is 40.9 Å². The van der Waals surface area contributed by atoms with Crippen LogP contribution < -0.4 is 10.6 Å². The molecule has 0 bridgehead atoms. The number of benzene rings is 1. The number of rotatable bonds is 2. The summed E-state index contributed by atoms with van der Waals surface area (Å²) in [6.07, 6.45) is 2.72. The smallest absolute Gasteiger partial charge is 0.168 e. The zero-order valence-electron chi connectivity index (χ0n) is 14.9. The van der Waals surface area contributed by atoms with Crippen molar-refractivity contribution < 1.29 is 13.2 Å². The molecule has 1 saturated heterocycles. The van der Waals surface area contributed by atoms with Crippen LogP contribution in [0.3, 0.4) is 0 Å². The van der Waals surface area contributed by atoms with Gasteiger partial charge < -0.3 is 15.5 Å². The number of nitrogens with one attached hydrogen (secondary N) is 1. The van der Waals surface area contributed by atoms with Gasteiger partial charge in [0, 0.05) is 37.0 Å². The van der Waals surface area contributed by atoms with Crippen LogP contribution in [0.5, 0.6) is 0 Å². The van der Waals surface area contributed by atoms with Gasteiger partial charge in [-0.25, -0.2) is 18.2 Å². The van der Waals surface area contributed by atoms with Gasteiger partial charge in [0.1, 0.15) is 17.5 Å². The normalized spacial score (nSPS) is 18.1. The molecule has 1 saturated carbocycles. The van der Waals surface area contributed by atoms with Crippen molar-refractivity contribution >= 4 is 17.3 Å². The Morgan fingerprint density at radius 3 is 2.52 bits per heavy atom. The highest BCUT2D eigenvalue weighted by molar-refractivity contribution is 6.03. The molecule has 1 aromatic carbocycles. The fourth-order valence-corrected chi connectivity index (χ4v) is 3.95. The van der Waals surface area contributed by atoms with E-state index in [1.807, 2.05) is 4.90 Å². The topological polar surface area (TPSA) is 69.2 Å². The predicted molar refractivity (Wildman–Crippen MR) is 97.4 cm³/mol. The van der Waals surface area contributed by atoms with Gasteiger partial charge in [-0.1, -0.05) is 0 Å². The molecule has 1 spiro atoms. The Bertz CT molecular complexity index is 903. The highest BCUT2D eigenvalue weighted by atomic mass is 19.1. The van der Waals surface area contributed by atoms with E-state index in [0.29, 0.717) is 30.8 Å². The summed E-state index contributed by atoms with van der Waals surface area (Å²) in [4.78, 5) is 7.67. The van der Waals surface area contributed by atoms with Crippen molar-refractivity contribution in [2.75, 3.05) is 30.3 Å². The lowest BCUT2D eigenvalue weighted by atomic mass is 10.0. The molecular formula is C19H20F3N5. The van der Waals surface area contributed by atoms with Gasteiger partial charge in [-0.2, -0.15) is 0 Å². The lowest BCUT2D eigenvalue weighted by Gasteiger charge is -2.44. The van der Waals surface area contributed by atoms with Crippen LogP contribution in [0.15, 0.2) is 24.4 Å². The average Bonchev–Trinajstić information content (AvgIpc) is 3.33. The number of nitrogens with zero attached hydrogens (tertiary/aromatic N) is 3. The van der Waals surface area contributed by atoms with E-state index in [-0.39, 0.29) is 22.9 Å². The molecule has 1 aromatic heterocycles. The van der Waals surface area contributed by atoms with Crippen molar-refractivity contribution in [2.45, 2.75) is 25.3 Å². The fraction of sp³-hybridized carbons (Fsp3) is 0.368. The Balaban J connectivity index is 1.60. The number of hydrogen-bond acceptors (Lipinski definition) is 4. The number of pyridine rings is 1. The minimum absolute atomic E-state index is 0.131. The first kappa shape index (κ1) is 17.6. The van der Waals surface area contributed by atoms with Crippen molar-refractivity contribution in [3.63, 3.8) is 0 Å². The van der Waals surface area contributed by atoms with Gasteiger partial charge in [0.25, 0.3) is 0 Å². The number of hydrogen-bond donors (Lipinski definition) is 2. The highest BCUT2D eigenvalue weighted by Gasteiger charge is 2.53. The summed E-state index contributed by atoms with van der Waals surface area (Å²) in [5, 5.41) is 8.68. The number of nitrogen functional groups attached to an aromatic ring is 1. The van der Waals surface area contributed by atoms with Crippen LogP contribution in [0.25, 0.3) is 0 Å².